The van der Waals surface area contributed by atoms with Gasteiger partial charge in [0.1, 0.15) is 16.9 Å². The molecule has 0 bridgehead atoms. The van der Waals surface area contributed by atoms with Crippen LogP contribution in [0, 0.1) is 20.8 Å². The first kappa shape index (κ1) is 26.0. The van der Waals surface area contributed by atoms with Crippen molar-refractivity contribution in [2.75, 3.05) is 19.7 Å². The van der Waals surface area contributed by atoms with Crippen LogP contribution in [0.3, 0.4) is 0 Å². The van der Waals surface area contributed by atoms with E-state index in [-0.39, 0.29) is 6.04 Å². The molecule has 6 rings (SSSR count). The number of aliphatic imine (C=N–C) groups is 1. The Morgan fingerprint density at radius 2 is 1.85 bits per heavy atom. The number of benzene rings is 1. The summed E-state index contributed by atoms with van der Waals surface area (Å²) < 4.78 is 8.32. The minimum absolute atomic E-state index is 0.179. The molecule has 1 N–H and O–H groups in total. The summed E-state index contributed by atoms with van der Waals surface area (Å²) in [6.07, 6.45) is 7.23. The smallest absolute Gasteiger partial charge is 0.163 e. The van der Waals surface area contributed by atoms with Gasteiger partial charge in [-0.05, 0) is 82.8 Å². The molecule has 0 saturated carbocycles. The maximum Gasteiger partial charge on any atom is 0.163 e. The maximum atomic E-state index is 6.11. The van der Waals surface area contributed by atoms with Gasteiger partial charge in [0.05, 0.1) is 11.8 Å². The van der Waals surface area contributed by atoms with Crippen LogP contribution in [0.5, 0.6) is 0 Å². The van der Waals surface area contributed by atoms with Crippen molar-refractivity contribution in [3.63, 3.8) is 0 Å². The molecule has 0 radical (unpaired) electrons. The van der Waals surface area contributed by atoms with Gasteiger partial charge in [-0.15, -0.1) is 21.5 Å². The van der Waals surface area contributed by atoms with Crippen molar-refractivity contribution in [3.8, 4) is 5.00 Å². The number of ether oxygens (including phenoxy) is 1. The van der Waals surface area contributed by atoms with E-state index in [0.717, 1.165) is 79.0 Å². The van der Waals surface area contributed by atoms with Gasteiger partial charge in [0, 0.05) is 40.9 Å². The fourth-order valence-corrected chi connectivity index (χ4v) is 6.77. The standard InChI is InChI=1S/C31H36N6OS/c1-20-21(2)39-31-28(20)29(24-11-9-23(10-12-24)7-6-18-38-26-13-16-32-17-14-26)34-27(19-25-8-4-5-15-33-25)30-36-35-22(3)37(30)31/h4-5,8-12,15,26-27,32H,6-7,13-14,16-19H2,1-3H3. The Hall–Kier alpha value is -3.20. The number of piperidine rings is 1. The fourth-order valence-electron chi connectivity index (χ4n) is 5.56. The quantitative estimate of drug-likeness (QED) is 0.299. The van der Waals surface area contributed by atoms with Crippen molar-refractivity contribution in [3.05, 3.63) is 93.1 Å². The van der Waals surface area contributed by atoms with Crippen LogP contribution in [0.25, 0.3) is 5.00 Å². The summed E-state index contributed by atoms with van der Waals surface area (Å²) in [6, 6.07) is 14.8. The molecular weight excluding hydrogens is 504 g/mol. The molecule has 5 heterocycles. The molecule has 0 aliphatic carbocycles. The van der Waals surface area contributed by atoms with Gasteiger partial charge in [-0.25, -0.2) is 0 Å². The van der Waals surface area contributed by atoms with Gasteiger partial charge in [-0.3, -0.25) is 14.5 Å². The number of hydrogen-bond donors (Lipinski definition) is 1. The van der Waals surface area contributed by atoms with Crippen molar-refractivity contribution in [1.82, 2.24) is 25.1 Å². The molecule has 0 amide bonds. The molecule has 8 heteroatoms. The van der Waals surface area contributed by atoms with E-state index in [4.69, 9.17) is 9.73 Å². The lowest BCUT2D eigenvalue weighted by Gasteiger charge is -2.22. The van der Waals surface area contributed by atoms with E-state index in [2.05, 4.69) is 69.2 Å². The van der Waals surface area contributed by atoms with E-state index in [0.29, 0.717) is 12.5 Å². The van der Waals surface area contributed by atoms with Crippen LogP contribution in [-0.2, 0) is 17.6 Å². The molecule has 1 unspecified atom stereocenters. The first-order valence-corrected chi connectivity index (χ1v) is 14.8. The summed E-state index contributed by atoms with van der Waals surface area (Å²) in [5.41, 5.74) is 6.95. The molecule has 1 aromatic carbocycles. The Balaban J connectivity index is 1.29. The monoisotopic (exact) mass is 540 g/mol. The molecule has 4 aromatic rings. The van der Waals surface area contributed by atoms with Gasteiger partial charge >= 0.3 is 0 Å². The molecule has 2 aliphatic rings. The minimum atomic E-state index is -0.179. The van der Waals surface area contributed by atoms with Crippen molar-refractivity contribution >= 4 is 17.0 Å². The van der Waals surface area contributed by atoms with Crippen LogP contribution in [-0.4, -0.2) is 51.3 Å². The molecule has 202 valence electrons. The summed E-state index contributed by atoms with van der Waals surface area (Å²) in [7, 11) is 0. The van der Waals surface area contributed by atoms with Crippen LogP contribution in [0.2, 0.25) is 0 Å². The Bertz CT molecular complexity index is 1450. The molecule has 1 atom stereocenters. The van der Waals surface area contributed by atoms with E-state index in [1.54, 1.807) is 11.3 Å². The summed E-state index contributed by atoms with van der Waals surface area (Å²) in [5, 5.41) is 13.6. The van der Waals surface area contributed by atoms with Crippen LogP contribution in [0.1, 0.15) is 69.8 Å². The highest BCUT2D eigenvalue weighted by atomic mass is 32.1. The van der Waals surface area contributed by atoms with E-state index < -0.39 is 0 Å². The molecule has 7 nitrogen and oxygen atoms in total. The average Bonchev–Trinajstić information content (AvgIpc) is 3.44. The highest BCUT2D eigenvalue weighted by Gasteiger charge is 2.31. The molecule has 39 heavy (non-hydrogen) atoms. The second-order valence-corrected chi connectivity index (χ2v) is 11.7. The lowest BCUT2D eigenvalue weighted by atomic mass is 9.97. The Labute approximate surface area is 234 Å². The second kappa shape index (κ2) is 11.5. The third-order valence-electron chi connectivity index (χ3n) is 7.85. The number of nitrogens with one attached hydrogen (secondary N) is 1. The predicted molar refractivity (Wildman–Crippen MR) is 156 cm³/mol. The Morgan fingerprint density at radius 1 is 1.03 bits per heavy atom. The molecule has 3 aromatic heterocycles. The molecular formula is C31H36N6OS. The lowest BCUT2D eigenvalue weighted by molar-refractivity contribution is 0.0318. The number of thiophene rings is 1. The maximum absolute atomic E-state index is 6.11. The first-order valence-electron chi connectivity index (χ1n) is 14.0. The second-order valence-electron chi connectivity index (χ2n) is 10.5. The highest BCUT2D eigenvalue weighted by Crippen LogP contribution is 2.39. The van der Waals surface area contributed by atoms with Gasteiger partial charge in [0.25, 0.3) is 0 Å². The number of nitrogens with zero attached hydrogens (tertiary/aromatic N) is 5. The zero-order chi connectivity index (χ0) is 26.8. The van der Waals surface area contributed by atoms with E-state index >= 15 is 0 Å². The lowest BCUT2D eigenvalue weighted by Crippen LogP contribution is -2.32. The molecule has 0 spiro atoms. The topological polar surface area (TPSA) is 77.2 Å². The van der Waals surface area contributed by atoms with Crippen molar-refractivity contribution in [1.29, 1.82) is 0 Å². The SMILES string of the molecule is Cc1sc2c(c1C)C(c1ccc(CCCOC3CCNCC3)cc1)=NC(Cc1ccccn1)c1nnc(C)n1-2. The number of aromatic nitrogens is 4. The van der Waals surface area contributed by atoms with E-state index in [1.807, 2.05) is 25.3 Å². The number of fused-ring (bicyclic) bond motifs is 3. The number of hydrogen-bond acceptors (Lipinski definition) is 7. The number of pyridine rings is 1. The molecule has 1 fully saturated rings. The van der Waals surface area contributed by atoms with E-state index in [9.17, 15) is 0 Å². The third kappa shape index (κ3) is 5.46. The van der Waals surface area contributed by atoms with Crippen LogP contribution < -0.4 is 5.32 Å². The Kier molecular flexibility index (Phi) is 7.68. The van der Waals surface area contributed by atoms with Crippen LogP contribution in [0.15, 0.2) is 53.7 Å². The van der Waals surface area contributed by atoms with Crippen LogP contribution in [0.4, 0.5) is 0 Å². The van der Waals surface area contributed by atoms with Gasteiger partial charge in [-0.1, -0.05) is 30.3 Å². The largest absolute Gasteiger partial charge is 0.378 e. The van der Waals surface area contributed by atoms with Gasteiger partial charge < -0.3 is 10.1 Å². The number of rotatable bonds is 8. The van der Waals surface area contributed by atoms with Crippen LogP contribution >= 0.6 is 11.3 Å². The summed E-state index contributed by atoms with van der Waals surface area (Å²) >= 11 is 1.80. The molecule has 2 aliphatic heterocycles. The zero-order valence-electron chi connectivity index (χ0n) is 23.0. The zero-order valence-corrected chi connectivity index (χ0v) is 23.8. The van der Waals surface area contributed by atoms with Gasteiger partial charge in [0.2, 0.25) is 0 Å². The average molecular weight is 541 g/mol. The van der Waals surface area contributed by atoms with E-state index in [1.165, 1.54) is 21.6 Å². The minimum Gasteiger partial charge on any atom is -0.378 e. The highest BCUT2D eigenvalue weighted by molar-refractivity contribution is 7.15. The Morgan fingerprint density at radius 3 is 2.62 bits per heavy atom. The van der Waals surface area contributed by atoms with Gasteiger partial charge in [0.15, 0.2) is 5.82 Å². The number of aryl methyl sites for hydroxylation is 3. The fraction of sp³-hybridized carbons (Fsp3) is 0.419. The normalized spacial score (nSPS) is 17.4. The molecule has 1 saturated heterocycles. The summed E-state index contributed by atoms with van der Waals surface area (Å²) in [5.74, 6) is 1.76. The first-order chi connectivity index (χ1) is 19.1. The van der Waals surface area contributed by atoms with Crippen molar-refractivity contribution in [2.45, 2.75) is 65.0 Å². The predicted octanol–water partition coefficient (Wildman–Crippen LogP) is 5.49. The van der Waals surface area contributed by atoms with Gasteiger partial charge in [-0.2, -0.15) is 0 Å². The summed E-state index contributed by atoms with van der Waals surface area (Å²) in [6.45, 7) is 9.38. The summed E-state index contributed by atoms with van der Waals surface area (Å²) in [4.78, 5) is 11.3. The van der Waals surface area contributed by atoms with Crippen molar-refractivity contribution < 1.29 is 4.74 Å². The third-order valence-corrected chi connectivity index (χ3v) is 9.04. The van der Waals surface area contributed by atoms with Crippen molar-refractivity contribution in [2.24, 2.45) is 4.99 Å².